The smallest absolute Gasteiger partial charge is 0.206 e. The van der Waals surface area contributed by atoms with E-state index in [-0.39, 0.29) is 5.92 Å². The molecule has 0 aromatic heterocycles. The molecule has 0 saturated heterocycles. The van der Waals surface area contributed by atoms with Gasteiger partial charge in [-0.3, -0.25) is 0 Å². The summed E-state index contributed by atoms with van der Waals surface area (Å²) in [6.07, 6.45) is 13.2. The fourth-order valence-electron chi connectivity index (χ4n) is 5.41. The highest BCUT2D eigenvalue weighted by atomic mass is 19.4. The summed E-state index contributed by atoms with van der Waals surface area (Å²) < 4.78 is 52.2. The third kappa shape index (κ3) is 5.96. The molecule has 0 amide bonds. The minimum atomic E-state index is -4.62. The molecule has 3 rings (SSSR count). The molecule has 2 aliphatic rings. The molecule has 2 saturated carbocycles. The van der Waals surface area contributed by atoms with Crippen molar-refractivity contribution in [1.82, 2.24) is 0 Å². The monoisotopic (exact) mass is 408 g/mol. The lowest BCUT2D eigenvalue weighted by Gasteiger charge is -2.38. The van der Waals surface area contributed by atoms with Crippen LogP contribution in [0.3, 0.4) is 0 Å². The predicted molar refractivity (Wildman–Crippen MR) is 110 cm³/mol. The Morgan fingerprint density at radius 3 is 2.10 bits per heavy atom. The standard InChI is InChI=1S/C25H32F4/c1-2-3-4-5-6-18-7-9-19(10-8-18)20-11-13-21(14-12-20)22-15-16-23(24(26)17-22)25(27,28)29/h2-4,15-21H,1,5-14H2. The zero-order valence-corrected chi connectivity index (χ0v) is 17.1. The van der Waals surface area contributed by atoms with Crippen molar-refractivity contribution in [3.63, 3.8) is 0 Å². The van der Waals surface area contributed by atoms with Crippen LogP contribution >= 0.6 is 0 Å². The summed E-state index contributed by atoms with van der Waals surface area (Å²) in [6, 6.07) is 3.49. The second kappa shape index (κ2) is 9.95. The van der Waals surface area contributed by atoms with E-state index in [2.05, 4.69) is 12.7 Å². The molecule has 0 aliphatic heterocycles. The molecule has 2 fully saturated rings. The largest absolute Gasteiger partial charge is 0.419 e. The van der Waals surface area contributed by atoms with Crippen molar-refractivity contribution in [2.24, 2.45) is 17.8 Å². The first-order valence-electron chi connectivity index (χ1n) is 11.0. The summed E-state index contributed by atoms with van der Waals surface area (Å²) in [5.41, 5.74) is -0.433. The summed E-state index contributed by atoms with van der Waals surface area (Å²) in [5, 5.41) is 0. The molecule has 0 unspecified atom stereocenters. The fourth-order valence-corrected chi connectivity index (χ4v) is 5.41. The van der Waals surface area contributed by atoms with Gasteiger partial charge in [-0.1, -0.05) is 43.7 Å². The Balaban J connectivity index is 1.46. The molecule has 1 aromatic carbocycles. The lowest BCUT2D eigenvalue weighted by molar-refractivity contribution is -0.140. The number of benzene rings is 1. The van der Waals surface area contributed by atoms with Crippen LogP contribution in [0.25, 0.3) is 0 Å². The average molecular weight is 409 g/mol. The van der Waals surface area contributed by atoms with Crippen molar-refractivity contribution >= 4 is 0 Å². The molecular formula is C25H32F4. The van der Waals surface area contributed by atoms with Gasteiger partial charge < -0.3 is 0 Å². The number of hydrogen-bond donors (Lipinski definition) is 0. The molecule has 0 atom stereocenters. The highest BCUT2D eigenvalue weighted by Gasteiger charge is 2.35. The quantitative estimate of drug-likeness (QED) is 0.327. The van der Waals surface area contributed by atoms with E-state index in [0.717, 1.165) is 67.6 Å². The van der Waals surface area contributed by atoms with Gasteiger partial charge in [0.15, 0.2) is 0 Å². The number of halogens is 4. The SMILES string of the molecule is C=CC=CCCC1CCC(C2CCC(c3ccc(C(F)(F)F)c(F)c3)CC2)CC1. The van der Waals surface area contributed by atoms with Gasteiger partial charge in [-0.25, -0.2) is 4.39 Å². The minimum absolute atomic E-state index is 0.191. The van der Waals surface area contributed by atoms with Crippen LogP contribution in [0.1, 0.15) is 81.3 Å². The van der Waals surface area contributed by atoms with Crippen molar-refractivity contribution in [1.29, 1.82) is 0 Å². The van der Waals surface area contributed by atoms with Crippen LogP contribution in [-0.4, -0.2) is 0 Å². The third-order valence-corrected chi connectivity index (χ3v) is 7.11. The van der Waals surface area contributed by atoms with Gasteiger partial charge in [0.2, 0.25) is 0 Å². The average Bonchev–Trinajstić information content (AvgIpc) is 2.71. The van der Waals surface area contributed by atoms with Crippen molar-refractivity contribution in [2.45, 2.75) is 76.3 Å². The molecule has 0 spiro atoms. The lowest BCUT2D eigenvalue weighted by Crippen LogP contribution is -2.25. The Bertz CT molecular complexity index is 687. The van der Waals surface area contributed by atoms with E-state index in [0.29, 0.717) is 0 Å². The van der Waals surface area contributed by atoms with Crippen LogP contribution in [0.4, 0.5) is 17.6 Å². The van der Waals surface area contributed by atoms with E-state index >= 15 is 0 Å². The zero-order chi connectivity index (χ0) is 20.9. The highest BCUT2D eigenvalue weighted by Crippen LogP contribution is 2.45. The Labute approximate surface area is 172 Å². The maximum atomic E-state index is 13.9. The molecule has 1 aromatic rings. The topological polar surface area (TPSA) is 0 Å². The zero-order valence-electron chi connectivity index (χ0n) is 17.1. The Kier molecular flexibility index (Phi) is 7.59. The molecule has 0 bridgehead atoms. The van der Waals surface area contributed by atoms with Crippen LogP contribution in [-0.2, 0) is 6.18 Å². The molecular weight excluding hydrogens is 376 g/mol. The molecule has 4 heteroatoms. The second-order valence-electron chi connectivity index (χ2n) is 8.87. The van der Waals surface area contributed by atoms with Gasteiger partial charge in [-0.2, -0.15) is 13.2 Å². The van der Waals surface area contributed by atoms with Gasteiger partial charge in [-0.15, -0.1) is 0 Å². The molecule has 160 valence electrons. The first-order valence-corrected chi connectivity index (χ1v) is 11.0. The fraction of sp³-hybridized carbons (Fsp3) is 0.600. The van der Waals surface area contributed by atoms with Gasteiger partial charge in [0, 0.05) is 0 Å². The van der Waals surface area contributed by atoms with Crippen LogP contribution < -0.4 is 0 Å². The Hall–Kier alpha value is -1.58. The summed E-state index contributed by atoms with van der Waals surface area (Å²) in [6.45, 7) is 3.70. The van der Waals surface area contributed by atoms with E-state index in [1.54, 1.807) is 0 Å². The van der Waals surface area contributed by atoms with Crippen molar-refractivity contribution in [3.8, 4) is 0 Å². The predicted octanol–water partition coefficient (Wildman–Crippen LogP) is 8.45. The van der Waals surface area contributed by atoms with Crippen molar-refractivity contribution in [3.05, 3.63) is 60.0 Å². The van der Waals surface area contributed by atoms with Gasteiger partial charge >= 0.3 is 6.18 Å². The van der Waals surface area contributed by atoms with Crippen LogP contribution in [0, 0.1) is 23.6 Å². The summed E-state index contributed by atoms with van der Waals surface area (Å²) >= 11 is 0. The van der Waals surface area contributed by atoms with E-state index in [4.69, 9.17) is 0 Å². The third-order valence-electron chi connectivity index (χ3n) is 7.11. The van der Waals surface area contributed by atoms with E-state index in [1.807, 2.05) is 12.2 Å². The van der Waals surface area contributed by atoms with Gasteiger partial charge in [-0.05, 0) is 92.7 Å². The molecule has 2 aliphatic carbocycles. The number of alkyl halides is 3. The van der Waals surface area contributed by atoms with Gasteiger partial charge in [0.25, 0.3) is 0 Å². The summed E-state index contributed by atoms with van der Waals surface area (Å²) in [7, 11) is 0. The highest BCUT2D eigenvalue weighted by molar-refractivity contribution is 5.29. The first-order chi connectivity index (χ1) is 13.9. The number of allylic oxidation sites excluding steroid dienone is 3. The van der Waals surface area contributed by atoms with Crippen molar-refractivity contribution < 1.29 is 17.6 Å². The molecule has 0 radical (unpaired) electrons. The minimum Gasteiger partial charge on any atom is -0.206 e. The molecule has 0 N–H and O–H groups in total. The Morgan fingerprint density at radius 2 is 1.55 bits per heavy atom. The van der Waals surface area contributed by atoms with E-state index < -0.39 is 17.6 Å². The summed E-state index contributed by atoms with van der Waals surface area (Å²) in [5.74, 6) is 1.41. The van der Waals surface area contributed by atoms with E-state index in [9.17, 15) is 17.6 Å². The summed E-state index contributed by atoms with van der Waals surface area (Å²) in [4.78, 5) is 0. The molecule has 0 heterocycles. The van der Waals surface area contributed by atoms with E-state index in [1.165, 1.54) is 38.2 Å². The maximum Gasteiger partial charge on any atom is 0.419 e. The molecule has 0 nitrogen and oxygen atoms in total. The lowest BCUT2D eigenvalue weighted by atomic mass is 9.68. The van der Waals surface area contributed by atoms with Crippen LogP contribution in [0.15, 0.2) is 43.0 Å². The molecule has 29 heavy (non-hydrogen) atoms. The van der Waals surface area contributed by atoms with Crippen LogP contribution in [0.2, 0.25) is 0 Å². The van der Waals surface area contributed by atoms with Gasteiger partial charge in [0.05, 0.1) is 5.56 Å². The maximum absolute atomic E-state index is 13.9. The van der Waals surface area contributed by atoms with Crippen molar-refractivity contribution in [2.75, 3.05) is 0 Å². The van der Waals surface area contributed by atoms with Gasteiger partial charge in [0.1, 0.15) is 5.82 Å². The second-order valence-corrected chi connectivity index (χ2v) is 8.87. The first kappa shape index (κ1) is 22.1. The number of rotatable bonds is 6. The number of hydrogen-bond acceptors (Lipinski definition) is 0. The van der Waals surface area contributed by atoms with Crippen LogP contribution in [0.5, 0.6) is 0 Å². The normalized spacial score (nSPS) is 28.6. The Morgan fingerprint density at radius 1 is 0.931 bits per heavy atom.